The zero-order valence-corrected chi connectivity index (χ0v) is 15.1. The number of carbonyl (C=O) groups excluding carboxylic acids is 2. The molecule has 25 heavy (non-hydrogen) atoms. The molecule has 1 aromatic rings. The molecule has 2 amide bonds. The molecule has 0 unspecified atom stereocenters. The van der Waals surface area contributed by atoms with Crippen molar-refractivity contribution in [2.45, 2.75) is 64.1 Å². The number of hydrogen-bond donors (Lipinski definition) is 1. The van der Waals surface area contributed by atoms with E-state index in [0.29, 0.717) is 19.0 Å². The molecule has 136 valence electrons. The Bertz CT molecular complexity index is 625. The first kappa shape index (κ1) is 17.9. The number of benzene rings is 1. The quantitative estimate of drug-likeness (QED) is 0.890. The number of primary amides is 1. The number of hydrogen-bond acceptors (Lipinski definition) is 3. The normalized spacial score (nSPS) is 21.6. The van der Waals surface area contributed by atoms with Gasteiger partial charge in [-0.3, -0.25) is 14.5 Å². The predicted octanol–water partition coefficient (Wildman–Crippen LogP) is 2.08. The van der Waals surface area contributed by atoms with Crippen molar-refractivity contribution >= 4 is 11.8 Å². The van der Waals surface area contributed by atoms with Crippen molar-refractivity contribution in [3.05, 3.63) is 35.4 Å². The molecule has 0 spiro atoms. The highest BCUT2D eigenvalue weighted by molar-refractivity contribution is 5.83. The van der Waals surface area contributed by atoms with Crippen molar-refractivity contribution in [2.75, 3.05) is 13.1 Å². The van der Waals surface area contributed by atoms with Crippen LogP contribution in [0.2, 0.25) is 0 Å². The van der Waals surface area contributed by atoms with E-state index in [9.17, 15) is 9.59 Å². The van der Waals surface area contributed by atoms with Crippen molar-refractivity contribution in [3.8, 4) is 0 Å². The third kappa shape index (κ3) is 4.03. The van der Waals surface area contributed by atoms with Crippen LogP contribution in [0.3, 0.4) is 0 Å². The number of amides is 2. The van der Waals surface area contributed by atoms with E-state index in [0.717, 1.165) is 24.9 Å². The molecule has 3 rings (SSSR count). The van der Waals surface area contributed by atoms with Gasteiger partial charge >= 0.3 is 0 Å². The van der Waals surface area contributed by atoms with Crippen LogP contribution in [0, 0.1) is 0 Å². The third-order valence-electron chi connectivity index (χ3n) is 5.69. The summed E-state index contributed by atoms with van der Waals surface area (Å²) in [6.07, 6.45) is 6.47. The molecule has 1 aliphatic carbocycles. The minimum atomic E-state index is -0.399. The van der Waals surface area contributed by atoms with Crippen molar-refractivity contribution in [1.82, 2.24) is 9.80 Å². The van der Waals surface area contributed by atoms with Crippen LogP contribution >= 0.6 is 0 Å². The largest absolute Gasteiger partial charge is 0.368 e. The lowest BCUT2D eigenvalue weighted by Crippen LogP contribution is -2.53. The van der Waals surface area contributed by atoms with Crippen molar-refractivity contribution in [2.24, 2.45) is 5.73 Å². The van der Waals surface area contributed by atoms with Gasteiger partial charge in [-0.15, -0.1) is 0 Å². The van der Waals surface area contributed by atoms with Crippen LogP contribution < -0.4 is 5.73 Å². The standard InChI is InChI=1S/C20H29N3O2/c1-2-23(17-10-4-3-5-11-17)19(24)14-22-13-16-9-7-6-8-15(16)12-18(22)20(21)25/h6-9,17-18H,2-5,10-14H2,1H3,(H2,21,25)/t18-/m0/s1. The Morgan fingerprint density at radius 2 is 1.84 bits per heavy atom. The third-order valence-corrected chi connectivity index (χ3v) is 5.69. The molecule has 1 aliphatic heterocycles. The Morgan fingerprint density at radius 1 is 1.16 bits per heavy atom. The smallest absolute Gasteiger partial charge is 0.237 e. The summed E-state index contributed by atoms with van der Waals surface area (Å²) in [5, 5.41) is 0. The molecule has 5 heteroatoms. The Balaban J connectivity index is 1.72. The average Bonchev–Trinajstić information content (AvgIpc) is 2.62. The van der Waals surface area contributed by atoms with Gasteiger partial charge in [-0.1, -0.05) is 43.5 Å². The van der Waals surface area contributed by atoms with Crippen LogP contribution in [-0.4, -0.2) is 46.8 Å². The first-order valence-corrected chi connectivity index (χ1v) is 9.49. The number of likely N-dealkylation sites (N-methyl/N-ethyl adjacent to an activating group) is 1. The first-order chi connectivity index (χ1) is 12.1. The molecular formula is C20H29N3O2. The topological polar surface area (TPSA) is 66.6 Å². The molecule has 1 heterocycles. The average molecular weight is 343 g/mol. The Morgan fingerprint density at radius 3 is 2.48 bits per heavy atom. The van der Waals surface area contributed by atoms with Crippen LogP contribution in [0.1, 0.15) is 50.2 Å². The van der Waals surface area contributed by atoms with Crippen LogP contribution in [0.5, 0.6) is 0 Å². The minimum Gasteiger partial charge on any atom is -0.368 e. The van der Waals surface area contributed by atoms with Crippen molar-refractivity contribution in [1.29, 1.82) is 0 Å². The number of nitrogens with zero attached hydrogens (tertiary/aromatic N) is 2. The van der Waals surface area contributed by atoms with E-state index in [1.165, 1.54) is 24.8 Å². The van der Waals surface area contributed by atoms with Gasteiger partial charge in [0, 0.05) is 19.1 Å². The van der Waals surface area contributed by atoms with Crippen LogP contribution in [0.15, 0.2) is 24.3 Å². The van der Waals surface area contributed by atoms with E-state index < -0.39 is 6.04 Å². The van der Waals surface area contributed by atoms with Crippen LogP contribution in [0.4, 0.5) is 0 Å². The minimum absolute atomic E-state index is 0.125. The summed E-state index contributed by atoms with van der Waals surface area (Å²) in [5.74, 6) is -0.219. The summed E-state index contributed by atoms with van der Waals surface area (Å²) < 4.78 is 0. The number of rotatable bonds is 5. The second-order valence-electron chi connectivity index (χ2n) is 7.27. The van der Waals surface area contributed by atoms with E-state index in [4.69, 9.17) is 5.73 Å². The highest BCUT2D eigenvalue weighted by Gasteiger charge is 2.33. The fourth-order valence-corrected chi connectivity index (χ4v) is 4.32. The number of carbonyl (C=O) groups is 2. The van der Waals surface area contributed by atoms with E-state index in [2.05, 4.69) is 6.07 Å². The van der Waals surface area contributed by atoms with Gasteiger partial charge in [0.25, 0.3) is 0 Å². The summed E-state index contributed by atoms with van der Waals surface area (Å²) in [7, 11) is 0. The lowest BCUT2D eigenvalue weighted by Gasteiger charge is -2.38. The molecule has 1 atom stereocenters. The van der Waals surface area contributed by atoms with E-state index in [1.807, 2.05) is 34.9 Å². The molecule has 0 aromatic heterocycles. The van der Waals surface area contributed by atoms with Gasteiger partial charge in [-0.25, -0.2) is 0 Å². The SMILES string of the molecule is CCN(C(=O)CN1Cc2ccccc2C[C@H]1C(N)=O)C1CCCCC1. The molecule has 0 saturated heterocycles. The van der Waals surface area contributed by atoms with Gasteiger partial charge in [0.1, 0.15) is 0 Å². The maximum absolute atomic E-state index is 13.0. The van der Waals surface area contributed by atoms with Gasteiger partial charge in [-0.05, 0) is 37.3 Å². The van der Waals surface area contributed by atoms with Gasteiger partial charge in [0.15, 0.2) is 0 Å². The highest BCUT2D eigenvalue weighted by Crippen LogP contribution is 2.25. The van der Waals surface area contributed by atoms with E-state index in [-0.39, 0.29) is 18.4 Å². The summed E-state index contributed by atoms with van der Waals surface area (Å²) >= 11 is 0. The van der Waals surface area contributed by atoms with Gasteiger partial charge < -0.3 is 10.6 Å². The molecule has 1 aromatic carbocycles. The summed E-state index contributed by atoms with van der Waals surface area (Å²) in [4.78, 5) is 28.9. The lowest BCUT2D eigenvalue weighted by atomic mass is 9.93. The lowest BCUT2D eigenvalue weighted by molar-refractivity contribution is -0.137. The second-order valence-corrected chi connectivity index (χ2v) is 7.27. The van der Waals surface area contributed by atoms with Gasteiger partial charge in [0.2, 0.25) is 11.8 Å². The predicted molar refractivity (Wildman–Crippen MR) is 97.8 cm³/mol. The molecule has 1 fully saturated rings. The summed E-state index contributed by atoms with van der Waals surface area (Å²) in [6.45, 7) is 3.66. The zero-order valence-electron chi connectivity index (χ0n) is 15.1. The van der Waals surface area contributed by atoms with Crippen molar-refractivity contribution in [3.63, 3.8) is 0 Å². The first-order valence-electron chi connectivity index (χ1n) is 9.49. The van der Waals surface area contributed by atoms with E-state index in [1.54, 1.807) is 0 Å². The van der Waals surface area contributed by atoms with E-state index >= 15 is 0 Å². The Labute approximate surface area is 150 Å². The molecule has 0 radical (unpaired) electrons. The fraction of sp³-hybridized carbons (Fsp3) is 0.600. The van der Waals surface area contributed by atoms with Crippen molar-refractivity contribution < 1.29 is 9.59 Å². The zero-order chi connectivity index (χ0) is 17.8. The number of nitrogens with two attached hydrogens (primary N) is 1. The Hall–Kier alpha value is -1.88. The molecule has 5 nitrogen and oxygen atoms in total. The Kier molecular flexibility index (Phi) is 5.74. The molecule has 0 bridgehead atoms. The maximum Gasteiger partial charge on any atom is 0.237 e. The van der Waals surface area contributed by atoms with Crippen LogP contribution in [-0.2, 0) is 22.6 Å². The molecule has 1 saturated carbocycles. The summed E-state index contributed by atoms with van der Waals surface area (Å²) in [6, 6.07) is 8.07. The summed E-state index contributed by atoms with van der Waals surface area (Å²) in [5.41, 5.74) is 7.99. The maximum atomic E-state index is 13.0. The second kappa shape index (κ2) is 8.00. The van der Waals surface area contributed by atoms with Gasteiger partial charge in [-0.2, -0.15) is 0 Å². The highest BCUT2D eigenvalue weighted by atomic mass is 16.2. The molecular weight excluding hydrogens is 314 g/mol. The molecule has 2 aliphatic rings. The fourth-order valence-electron chi connectivity index (χ4n) is 4.32. The monoisotopic (exact) mass is 343 g/mol. The van der Waals surface area contributed by atoms with Crippen LogP contribution in [0.25, 0.3) is 0 Å². The number of fused-ring (bicyclic) bond motifs is 1. The molecule has 2 N–H and O–H groups in total. The van der Waals surface area contributed by atoms with Gasteiger partial charge in [0.05, 0.1) is 12.6 Å².